The Morgan fingerprint density at radius 2 is 2.22 bits per heavy atom. The summed E-state index contributed by atoms with van der Waals surface area (Å²) in [5, 5.41) is 23.4. The van der Waals surface area contributed by atoms with Crippen molar-refractivity contribution in [2.24, 2.45) is 0 Å². The zero-order chi connectivity index (χ0) is 16.2. The molecular formula is C15H19N5O3. The molecule has 2 saturated heterocycles. The van der Waals surface area contributed by atoms with Crippen LogP contribution in [0.5, 0.6) is 0 Å². The Bertz CT molecular complexity index is 616. The zero-order valence-electron chi connectivity index (χ0n) is 12.8. The average Bonchev–Trinajstić information content (AvgIpc) is 3.09. The Kier molecular flexibility index (Phi) is 4.69. The number of nitro groups is 1. The fourth-order valence-corrected chi connectivity index (χ4v) is 3.25. The van der Waals surface area contributed by atoms with Gasteiger partial charge in [0, 0.05) is 38.0 Å². The molecule has 1 aromatic heterocycles. The minimum atomic E-state index is -0.543. The molecule has 0 aromatic carbocycles. The van der Waals surface area contributed by atoms with E-state index in [1.54, 1.807) is 0 Å². The molecule has 0 saturated carbocycles. The third kappa shape index (κ3) is 3.41. The van der Waals surface area contributed by atoms with Gasteiger partial charge in [0.25, 0.3) is 0 Å². The number of nitrogens with one attached hydrogen (secondary N) is 1. The second-order valence-electron chi connectivity index (χ2n) is 5.90. The number of hydrogen-bond acceptors (Lipinski definition) is 7. The van der Waals surface area contributed by atoms with Crippen LogP contribution in [0.2, 0.25) is 0 Å². The summed E-state index contributed by atoms with van der Waals surface area (Å²) in [6.45, 7) is 3.52. The third-order valence-electron chi connectivity index (χ3n) is 4.52. The highest BCUT2D eigenvalue weighted by Gasteiger charge is 2.29. The van der Waals surface area contributed by atoms with E-state index in [1.807, 2.05) is 6.07 Å². The van der Waals surface area contributed by atoms with Crippen molar-refractivity contribution in [1.82, 2.24) is 9.88 Å². The molecule has 1 aromatic rings. The van der Waals surface area contributed by atoms with Crippen molar-refractivity contribution in [2.75, 3.05) is 31.6 Å². The summed E-state index contributed by atoms with van der Waals surface area (Å²) >= 11 is 0. The van der Waals surface area contributed by atoms with Crippen LogP contribution in [-0.2, 0) is 4.74 Å². The van der Waals surface area contributed by atoms with E-state index in [4.69, 9.17) is 10.00 Å². The second kappa shape index (κ2) is 6.89. The van der Waals surface area contributed by atoms with E-state index in [0.717, 1.165) is 45.6 Å². The third-order valence-corrected chi connectivity index (χ3v) is 4.52. The molecule has 23 heavy (non-hydrogen) atoms. The molecule has 2 aliphatic heterocycles. The minimum Gasteiger partial charge on any atom is -0.380 e. The number of ether oxygens (including phenoxy) is 1. The SMILES string of the molecule is N#Cc1ccnc(NC2CCN(C3CCOC3)CC2)c1[N+](=O)[O-]. The highest BCUT2D eigenvalue weighted by Crippen LogP contribution is 2.28. The molecule has 2 fully saturated rings. The standard InChI is InChI=1S/C15H19N5O3/c16-9-11-1-5-17-15(14(11)20(21)22)18-12-2-6-19(7-3-12)13-4-8-23-10-13/h1,5,12-13H,2-4,6-8,10H2,(H,17,18). The maximum atomic E-state index is 11.2. The highest BCUT2D eigenvalue weighted by molar-refractivity contribution is 5.64. The number of rotatable bonds is 4. The highest BCUT2D eigenvalue weighted by atomic mass is 16.6. The van der Waals surface area contributed by atoms with E-state index >= 15 is 0 Å². The van der Waals surface area contributed by atoms with Crippen LogP contribution in [0, 0.1) is 21.4 Å². The van der Waals surface area contributed by atoms with Crippen molar-refractivity contribution in [2.45, 2.75) is 31.3 Å². The van der Waals surface area contributed by atoms with E-state index in [0.29, 0.717) is 6.04 Å². The zero-order valence-corrected chi connectivity index (χ0v) is 12.8. The van der Waals surface area contributed by atoms with E-state index in [2.05, 4.69) is 15.2 Å². The van der Waals surface area contributed by atoms with Crippen LogP contribution in [0.25, 0.3) is 0 Å². The van der Waals surface area contributed by atoms with E-state index in [1.165, 1.54) is 12.3 Å². The lowest BCUT2D eigenvalue weighted by Crippen LogP contribution is -2.45. The van der Waals surface area contributed by atoms with Gasteiger partial charge in [-0.25, -0.2) is 4.98 Å². The predicted molar refractivity (Wildman–Crippen MR) is 83.0 cm³/mol. The van der Waals surface area contributed by atoms with Crippen LogP contribution in [-0.4, -0.2) is 53.2 Å². The van der Waals surface area contributed by atoms with Crippen LogP contribution < -0.4 is 5.32 Å². The summed E-state index contributed by atoms with van der Waals surface area (Å²) in [5.74, 6) is 0.191. The molecule has 0 bridgehead atoms. The molecule has 1 unspecified atom stereocenters. The number of aromatic nitrogens is 1. The normalized spacial score (nSPS) is 22.7. The van der Waals surface area contributed by atoms with Gasteiger partial charge < -0.3 is 10.1 Å². The lowest BCUT2D eigenvalue weighted by molar-refractivity contribution is -0.384. The molecule has 122 valence electrons. The first-order chi connectivity index (χ1) is 11.2. The Labute approximate surface area is 134 Å². The molecule has 3 heterocycles. The van der Waals surface area contributed by atoms with Crippen LogP contribution in [0.15, 0.2) is 12.3 Å². The van der Waals surface area contributed by atoms with Crippen molar-refractivity contribution in [3.8, 4) is 6.07 Å². The van der Waals surface area contributed by atoms with Crippen molar-refractivity contribution in [3.05, 3.63) is 27.9 Å². The van der Waals surface area contributed by atoms with Gasteiger partial charge in [-0.05, 0) is 25.3 Å². The molecule has 0 aliphatic carbocycles. The number of nitriles is 1. The van der Waals surface area contributed by atoms with Crippen molar-refractivity contribution >= 4 is 11.5 Å². The molecule has 1 N–H and O–H groups in total. The molecule has 0 spiro atoms. The molecule has 8 heteroatoms. The molecule has 0 amide bonds. The maximum Gasteiger partial charge on any atom is 0.328 e. The van der Waals surface area contributed by atoms with Crippen molar-refractivity contribution < 1.29 is 9.66 Å². The first kappa shape index (κ1) is 15.6. The molecular weight excluding hydrogens is 298 g/mol. The maximum absolute atomic E-state index is 11.2. The van der Waals surface area contributed by atoms with Crippen LogP contribution in [0.1, 0.15) is 24.8 Å². The molecule has 3 rings (SSSR count). The number of hydrogen-bond donors (Lipinski definition) is 1. The Morgan fingerprint density at radius 1 is 1.43 bits per heavy atom. The van der Waals surface area contributed by atoms with Crippen LogP contribution in [0.4, 0.5) is 11.5 Å². The summed E-state index contributed by atoms with van der Waals surface area (Å²) in [6, 6.07) is 3.86. The minimum absolute atomic E-state index is 0.0352. The quantitative estimate of drug-likeness (QED) is 0.663. The van der Waals surface area contributed by atoms with Gasteiger partial charge in [0.2, 0.25) is 5.82 Å². The van der Waals surface area contributed by atoms with Crippen LogP contribution >= 0.6 is 0 Å². The molecule has 8 nitrogen and oxygen atoms in total. The number of nitrogens with zero attached hydrogens (tertiary/aromatic N) is 4. The van der Waals surface area contributed by atoms with Gasteiger partial charge in [0.05, 0.1) is 11.5 Å². The number of piperidine rings is 1. The Hall–Kier alpha value is -2.24. The first-order valence-corrected chi connectivity index (χ1v) is 7.81. The number of likely N-dealkylation sites (tertiary alicyclic amines) is 1. The predicted octanol–water partition coefficient (Wildman–Crippen LogP) is 1.53. The number of anilines is 1. The van der Waals surface area contributed by atoms with Crippen molar-refractivity contribution in [3.63, 3.8) is 0 Å². The monoisotopic (exact) mass is 317 g/mol. The largest absolute Gasteiger partial charge is 0.380 e. The summed E-state index contributed by atoms with van der Waals surface area (Å²) < 4.78 is 5.43. The second-order valence-corrected chi connectivity index (χ2v) is 5.90. The first-order valence-electron chi connectivity index (χ1n) is 7.81. The van der Waals surface area contributed by atoms with Crippen LogP contribution in [0.3, 0.4) is 0 Å². The average molecular weight is 317 g/mol. The smallest absolute Gasteiger partial charge is 0.328 e. The van der Waals surface area contributed by atoms with Crippen molar-refractivity contribution in [1.29, 1.82) is 5.26 Å². The van der Waals surface area contributed by atoms with Gasteiger partial charge in [-0.1, -0.05) is 0 Å². The van der Waals surface area contributed by atoms with Gasteiger partial charge in [0.15, 0.2) is 0 Å². The fourth-order valence-electron chi connectivity index (χ4n) is 3.25. The van der Waals surface area contributed by atoms with E-state index in [9.17, 15) is 10.1 Å². The summed E-state index contributed by atoms with van der Waals surface area (Å²) in [7, 11) is 0. The lowest BCUT2D eigenvalue weighted by Gasteiger charge is -2.35. The Balaban J connectivity index is 1.65. The van der Waals surface area contributed by atoms with E-state index in [-0.39, 0.29) is 23.1 Å². The summed E-state index contributed by atoms with van der Waals surface area (Å²) in [6.07, 6.45) is 4.30. The van der Waals surface area contributed by atoms with E-state index < -0.39 is 4.92 Å². The van der Waals surface area contributed by atoms with Gasteiger partial charge in [0.1, 0.15) is 11.6 Å². The van der Waals surface area contributed by atoms with Gasteiger partial charge >= 0.3 is 5.69 Å². The molecule has 2 aliphatic rings. The number of pyridine rings is 1. The fraction of sp³-hybridized carbons (Fsp3) is 0.600. The topological polar surface area (TPSA) is 104 Å². The van der Waals surface area contributed by atoms with Gasteiger partial charge in [-0.15, -0.1) is 0 Å². The lowest BCUT2D eigenvalue weighted by atomic mass is 10.0. The van der Waals surface area contributed by atoms with Gasteiger partial charge in [-0.3, -0.25) is 15.0 Å². The summed E-state index contributed by atoms with van der Waals surface area (Å²) in [4.78, 5) is 17.2. The molecule has 1 atom stereocenters. The summed E-state index contributed by atoms with van der Waals surface area (Å²) in [5.41, 5.74) is -0.199. The Morgan fingerprint density at radius 3 is 2.83 bits per heavy atom. The molecule has 0 radical (unpaired) electrons. The van der Waals surface area contributed by atoms with Gasteiger partial charge in [-0.2, -0.15) is 5.26 Å².